The molecule has 0 saturated heterocycles. The number of oxazole rings is 1. The maximum Gasteiger partial charge on any atom is 0.273 e. The summed E-state index contributed by atoms with van der Waals surface area (Å²) in [6.07, 6.45) is 7.78. The Labute approximate surface area is 168 Å². The lowest BCUT2D eigenvalue weighted by atomic mass is 10.1. The van der Waals surface area contributed by atoms with Crippen LogP contribution in [0, 0.1) is 0 Å². The number of hydrogen-bond donors (Lipinski definition) is 2. The van der Waals surface area contributed by atoms with Gasteiger partial charge in [-0.1, -0.05) is 24.6 Å². The summed E-state index contributed by atoms with van der Waals surface area (Å²) in [5.41, 5.74) is 3.19. The van der Waals surface area contributed by atoms with Gasteiger partial charge in [0.05, 0.1) is 23.3 Å². The third-order valence-electron chi connectivity index (χ3n) is 4.68. The number of nitrogens with one attached hydrogen (secondary N) is 2. The molecule has 7 heteroatoms. The van der Waals surface area contributed by atoms with Crippen LogP contribution in [0.1, 0.15) is 47.2 Å². The van der Waals surface area contributed by atoms with Crippen molar-refractivity contribution in [3.05, 3.63) is 78.0 Å². The highest BCUT2D eigenvalue weighted by atomic mass is 16.3. The summed E-state index contributed by atoms with van der Waals surface area (Å²) in [6.45, 7) is 0.365. The number of carbonyl (C=O) groups is 1. The van der Waals surface area contributed by atoms with E-state index >= 15 is 0 Å². The highest BCUT2D eigenvalue weighted by molar-refractivity contribution is 5.91. The van der Waals surface area contributed by atoms with Crippen LogP contribution in [0.15, 0.2) is 59.3 Å². The van der Waals surface area contributed by atoms with Gasteiger partial charge in [-0.3, -0.25) is 9.78 Å². The summed E-state index contributed by atoms with van der Waals surface area (Å²) in [7, 11) is 0. The minimum atomic E-state index is -0.254. The van der Waals surface area contributed by atoms with Gasteiger partial charge in [0.1, 0.15) is 12.1 Å². The van der Waals surface area contributed by atoms with E-state index in [1.54, 1.807) is 6.20 Å². The number of unbranched alkanes of at least 4 members (excludes halogenated alkanes) is 2. The maximum atomic E-state index is 12.2. The van der Waals surface area contributed by atoms with Crippen molar-refractivity contribution in [2.24, 2.45) is 0 Å². The molecule has 0 bridgehead atoms. The second-order valence-electron chi connectivity index (χ2n) is 6.89. The summed E-state index contributed by atoms with van der Waals surface area (Å²) in [6, 6.07) is 13.6. The molecule has 0 saturated carbocycles. The van der Waals surface area contributed by atoms with Crippen LogP contribution < -0.4 is 5.32 Å². The monoisotopic (exact) mass is 389 g/mol. The van der Waals surface area contributed by atoms with Crippen molar-refractivity contribution in [3.63, 3.8) is 0 Å². The Balaban J connectivity index is 1.17. The Bertz CT molecular complexity index is 1040. The number of rotatable bonds is 9. The fraction of sp³-hybridized carbons (Fsp3) is 0.273. The number of nitrogens with zero attached hydrogens (tertiary/aromatic N) is 3. The number of para-hydroxylation sites is 2. The number of carbonyl (C=O) groups excluding carboxylic acids is 1. The molecule has 0 spiro atoms. The third-order valence-corrected chi connectivity index (χ3v) is 4.68. The molecule has 1 amide bonds. The Morgan fingerprint density at radius 2 is 1.86 bits per heavy atom. The number of aromatic amines is 1. The average molecular weight is 389 g/mol. The van der Waals surface area contributed by atoms with Gasteiger partial charge in [-0.15, -0.1) is 0 Å². The number of aromatic nitrogens is 4. The van der Waals surface area contributed by atoms with Gasteiger partial charge in [0.25, 0.3) is 5.91 Å². The molecule has 0 fully saturated rings. The molecule has 0 aliphatic rings. The van der Waals surface area contributed by atoms with Gasteiger partial charge in [0.15, 0.2) is 11.6 Å². The van der Waals surface area contributed by atoms with Crippen LogP contribution in [-0.4, -0.2) is 25.8 Å². The lowest BCUT2D eigenvalue weighted by Gasteiger charge is -2.01. The van der Waals surface area contributed by atoms with Gasteiger partial charge in [0, 0.05) is 19.0 Å². The van der Waals surface area contributed by atoms with Gasteiger partial charge in [0.2, 0.25) is 0 Å². The Morgan fingerprint density at radius 3 is 2.72 bits per heavy atom. The summed E-state index contributed by atoms with van der Waals surface area (Å²) in [4.78, 5) is 28.6. The molecule has 0 atom stereocenters. The molecule has 7 nitrogen and oxygen atoms in total. The van der Waals surface area contributed by atoms with Crippen LogP contribution in [-0.2, 0) is 19.4 Å². The standard InChI is InChI=1S/C22H23N5O2/c28-22(24-14-16-8-6-7-13-23-16)19-15-29-21(27-19)12-3-1-2-11-20-25-17-9-4-5-10-18(17)26-20/h4-10,13,15H,1-3,11-12,14H2,(H,24,28)(H,25,26). The van der Waals surface area contributed by atoms with E-state index in [9.17, 15) is 4.79 Å². The molecule has 148 valence electrons. The third kappa shape index (κ3) is 5.07. The summed E-state index contributed by atoms with van der Waals surface area (Å²) >= 11 is 0. The number of fused-ring (bicyclic) bond motifs is 1. The molecule has 3 aromatic heterocycles. The van der Waals surface area contributed by atoms with Crippen molar-refractivity contribution in [1.82, 2.24) is 25.3 Å². The van der Waals surface area contributed by atoms with Gasteiger partial charge in [-0.05, 0) is 37.1 Å². The molecule has 0 aliphatic heterocycles. The first-order valence-corrected chi connectivity index (χ1v) is 9.84. The van der Waals surface area contributed by atoms with Crippen LogP contribution in [0.25, 0.3) is 11.0 Å². The zero-order valence-corrected chi connectivity index (χ0v) is 16.1. The fourth-order valence-electron chi connectivity index (χ4n) is 3.16. The predicted octanol–water partition coefficient (Wildman–Crippen LogP) is 3.83. The Hall–Kier alpha value is -3.48. The minimum absolute atomic E-state index is 0.254. The number of H-pyrrole nitrogens is 1. The molecule has 0 aliphatic carbocycles. The van der Waals surface area contributed by atoms with E-state index in [1.807, 2.05) is 42.5 Å². The SMILES string of the molecule is O=C(NCc1ccccn1)c1coc(CCCCCc2nc3ccccc3[nH]2)n1. The molecule has 4 rings (SSSR count). The van der Waals surface area contributed by atoms with Crippen molar-refractivity contribution in [1.29, 1.82) is 0 Å². The van der Waals surface area contributed by atoms with Crippen LogP contribution in [0.2, 0.25) is 0 Å². The average Bonchev–Trinajstić information content (AvgIpc) is 3.39. The quantitative estimate of drug-likeness (QED) is 0.424. The van der Waals surface area contributed by atoms with Crippen LogP contribution >= 0.6 is 0 Å². The van der Waals surface area contributed by atoms with Crippen molar-refractivity contribution in [2.45, 2.75) is 38.6 Å². The number of pyridine rings is 1. The van der Waals surface area contributed by atoms with Crippen LogP contribution in [0.5, 0.6) is 0 Å². The first-order valence-electron chi connectivity index (χ1n) is 9.84. The molecular formula is C22H23N5O2. The summed E-state index contributed by atoms with van der Waals surface area (Å²) in [5.74, 6) is 1.36. The maximum absolute atomic E-state index is 12.2. The van der Waals surface area contributed by atoms with E-state index in [2.05, 4.69) is 25.3 Å². The predicted molar refractivity (Wildman–Crippen MR) is 109 cm³/mol. The largest absolute Gasteiger partial charge is 0.448 e. The number of benzene rings is 1. The molecule has 0 radical (unpaired) electrons. The lowest BCUT2D eigenvalue weighted by molar-refractivity contribution is 0.0945. The molecule has 2 N–H and O–H groups in total. The Kier molecular flexibility index (Phi) is 5.95. The highest BCUT2D eigenvalue weighted by Crippen LogP contribution is 2.13. The highest BCUT2D eigenvalue weighted by Gasteiger charge is 2.12. The van der Waals surface area contributed by atoms with Crippen LogP contribution in [0.4, 0.5) is 0 Å². The van der Waals surface area contributed by atoms with E-state index in [4.69, 9.17) is 4.42 Å². The van der Waals surface area contributed by atoms with Crippen molar-refractivity contribution < 1.29 is 9.21 Å². The minimum Gasteiger partial charge on any atom is -0.448 e. The first kappa shape index (κ1) is 18.9. The van der Waals surface area contributed by atoms with E-state index in [-0.39, 0.29) is 5.91 Å². The van der Waals surface area contributed by atoms with Gasteiger partial charge in [-0.25, -0.2) is 9.97 Å². The summed E-state index contributed by atoms with van der Waals surface area (Å²) in [5, 5.41) is 2.80. The first-order chi connectivity index (χ1) is 14.3. The van der Waals surface area contributed by atoms with Crippen molar-refractivity contribution in [2.75, 3.05) is 0 Å². The Morgan fingerprint density at radius 1 is 1.00 bits per heavy atom. The molecule has 3 heterocycles. The molecule has 0 unspecified atom stereocenters. The second-order valence-corrected chi connectivity index (χ2v) is 6.89. The topological polar surface area (TPSA) is 96.7 Å². The lowest BCUT2D eigenvalue weighted by Crippen LogP contribution is -2.23. The van der Waals surface area contributed by atoms with Crippen molar-refractivity contribution in [3.8, 4) is 0 Å². The van der Waals surface area contributed by atoms with Crippen LogP contribution in [0.3, 0.4) is 0 Å². The molecule has 29 heavy (non-hydrogen) atoms. The van der Waals surface area contributed by atoms with Gasteiger partial charge < -0.3 is 14.7 Å². The zero-order valence-electron chi connectivity index (χ0n) is 16.1. The number of imidazole rings is 1. The van der Waals surface area contributed by atoms with Gasteiger partial charge >= 0.3 is 0 Å². The smallest absolute Gasteiger partial charge is 0.273 e. The molecule has 1 aromatic carbocycles. The molecule has 4 aromatic rings. The summed E-state index contributed by atoms with van der Waals surface area (Å²) < 4.78 is 5.44. The van der Waals surface area contributed by atoms with Gasteiger partial charge in [-0.2, -0.15) is 0 Å². The van der Waals surface area contributed by atoms with E-state index < -0.39 is 0 Å². The molecular weight excluding hydrogens is 366 g/mol. The normalized spacial score (nSPS) is 11.0. The zero-order chi connectivity index (χ0) is 19.9. The van der Waals surface area contributed by atoms with Crippen molar-refractivity contribution >= 4 is 16.9 Å². The van der Waals surface area contributed by atoms with E-state index in [0.717, 1.165) is 48.2 Å². The number of amides is 1. The van der Waals surface area contributed by atoms with E-state index in [0.29, 0.717) is 24.6 Å². The second kappa shape index (κ2) is 9.14. The fourth-order valence-corrected chi connectivity index (χ4v) is 3.16. The number of hydrogen-bond acceptors (Lipinski definition) is 5. The van der Waals surface area contributed by atoms with E-state index in [1.165, 1.54) is 6.26 Å². The number of aryl methyl sites for hydroxylation is 2.